The molecule has 1 aliphatic rings. The van der Waals surface area contributed by atoms with E-state index >= 15 is 0 Å². The highest BCUT2D eigenvalue weighted by atomic mass is 35.5. The van der Waals surface area contributed by atoms with Crippen LogP contribution < -0.4 is 14.8 Å². The first-order valence-electron chi connectivity index (χ1n) is 7.42. The molecule has 0 aromatic heterocycles. The molecule has 0 bridgehead atoms. The monoisotopic (exact) mass is 328 g/mol. The van der Waals surface area contributed by atoms with Gasteiger partial charge in [0.15, 0.2) is 18.1 Å². The number of likely N-dealkylation sites (tertiary alicyclic amines) is 1. The summed E-state index contributed by atoms with van der Waals surface area (Å²) in [4.78, 5) is 14.2. The van der Waals surface area contributed by atoms with E-state index in [0.29, 0.717) is 17.4 Å². The van der Waals surface area contributed by atoms with Gasteiger partial charge in [0.05, 0.1) is 7.11 Å². The number of nitrogens with zero attached hydrogens (tertiary/aromatic N) is 1. The van der Waals surface area contributed by atoms with Crippen LogP contribution in [0.4, 0.5) is 0 Å². The Kier molecular flexibility index (Phi) is 8.06. The number of halogens is 1. The Morgan fingerprint density at radius 1 is 1.36 bits per heavy atom. The fraction of sp³-hybridized carbons (Fsp3) is 0.562. The van der Waals surface area contributed by atoms with Gasteiger partial charge in [0.1, 0.15) is 0 Å². The number of carbonyl (C=O) groups excluding carboxylic acids is 1. The van der Waals surface area contributed by atoms with Crippen LogP contribution in [0.3, 0.4) is 0 Å². The Hall–Kier alpha value is -1.46. The molecule has 1 fully saturated rings. The molecule has 0 radical (unpaired) electrons. The predicted molar refractivity (Wildman–Crippen MR) is 89.0 cm³/mol. The number of rotatable bonds is 6. The first-order chi connectivity index (χ1) is 10.2. The average Bonchev–Trinajstić information content (AvgIpc) is 2.53. The van der Waals surface area contributed by atoms with Crippen molar-refractivity contribution in [2.24, 2.45) is 5.92 Å². The molecule has 0 aliphatic carbocycles. The molecule has 1 amide bonds. The van der Waals surface area contributed by atoms with Crippen LogP contribution in [0.1, 0.15) is 12.8 Å². The van der Waals surface area contributed by atoms with Gasteiger partial charge >= 0.3 is 0 Å². The lowest BCUT2D eigenvalue weighted by Gasteiger charge is -2.32. The number of ether oxygens (including phenoxy) is 2. The van der Waals surface area contributed by atoms with Gasteiger partial charge in [-0.3, -0.25) is 4.79 Å². The molecule has 1 aliphatic heterocycles. The van der Waals surface area contributed by atoms with Crippen molar-refractivity contribution in [2.75, 3.05) is 40.4 Å². The van der Waals surface area contributed by atoms with Gasteiger partial charge in [-0.1, -0.05) is 12.1 Å². The van der Waals surface area contributed by atoms with Gasteiger partial charge in [0.2, 0.25) is 0 Å². The number of amides is 1. The van der Waals surface area contributed by atoms with Gasteiger partial charge in [-0.2, -0.15) is 0 Å². The fourth-order valence-corrected chi connectivity index (χ4v) is 2.72. The molecule has 6 heteroatoms. The van der Waals surface area contributed by atoms with Crippen LogP contribution in [0.25, 0.3) is 0 Å². The summed E-state index contributed by atoms with van der Waals surface area (Å²) in [5, 5.41) is 3.18. The van der Waals surface area contributed by atoms with Crippen LogP contribution in [0, 0.1) is 5.92 Å². The van der Waals surface area contributed by atoms with Crippen molar-refractivity contribution in [3.63, 3.8) is 0 Å². The van der Waals surface area contributed by atoms with Gasteiger partial charge in [-0.05, 0) is 44.5 Å². The molecule has 2 rings (SSSR count). The smallest absolute Gasteiger partial charge is 0.260 e. The SMILES string of the molecule is CNCC1CCCN(C(=O)COc2ccccc2OC)C1.Cl. The average molecular weight is 329 g/mol. The molecule has 1 unspecified atom stereocenters. The maximum absolute atomic E-state index is 12.3. The van der Waals surface area contributed by atoms with E-state index in [4.69, 9.17) is 9.47 Å². The van der Waals surface area contributed by atoms with Gasteiger partial charge in [-0.15, -0.1) is 12.4 Å². The highest BCUT2D eigenvalue weighted by Crippen LogP contribution is 2.25. The molecule has 1 aromatic rings. The van der Waals surface area contributed by atoms with E-state index in [2.05, 4.69) is 5.32 Å². The van der Waals surface area contributed by atoms with Crippen molar-refractivity contribution in [3.8, 4) is 11.5 Å². The third-order valence-electron chi connectivity index (χ3n) is 3.78. The van der Waals surface area contributed by atoms with E-state index in [0.717, 1.165) is 26.1 Å². The second-order valence-corrected chi connectivity index (χ2v) is 5.35. The maximum atomic E-state index is 12.3. The highest BCUT2D eigenvalue weighted by molar-refractivity contribution is 5.85. The van der Waals surface area contributed by atoms with E-state index in [1.807, 2.05) is 36.2 Å². The number of benzene rings is 1. The summed E-state index contributed by atoms with van der Waals surface area (Å²) in [5.41, 5.74) is 0. The Balaban J connectivity index is 0.00000242. The zero-order valence-corrected chi connectivity index (χ0v) is 14.0. The molecule has 124 valence electrons. The van der Waals surface area contributed by atoms with Crippen LogP contribution in [0.5, 0.6) is 11.5 Å². The van der Waals surface area contributed by atoms with Gasteiger partial charge in [0, 0.05) is 13.1 Å². The lowest BCUT2D eigenvalue weighted by Crippen LogP contribution is -2.44. The van der Waals surface area contributed by atoms with E-state index in [1.54, 1.807) is 7.11 Å². The maximum Gasteiger partial charge on any atom is 0.260 e. The second-order valence-electron chi connectivity index (χ2n) is 5.35. The first kappa shape index (κ1) is 18.6. The molecule has 1 atom stereocenters. The van der Waals surface area contributed by atoms with Crippen LogP contribution in [-0.2, 0) is 4.79 Å². The van der Waals surface area contributed by atoms with Crippen molar-refractivity contribution in [2.45, 2.75) is 12.8 Å². The quantitative estimate of drug-likeness (QED) is 0.867. The van der Waals surface area contributed by atoms with Crippen molar-refractivity contribution in [3.05, 3.63) is 24.3 Å². The third kappa shape index (κ3) is 5.07. The first-order valence-corrected chi connectivity index (χ1v) is 7.42. The molecule has 1 N–H and O–H groups in total. The predicted octanol–water partition coefficient (Wildman–Crippen LogP) is 1.95. The lowest BCUT2D eigenvalue weighted by atomic mass is 9.98. The largest absolute Gasteiger partial charge is 0.493 e. The normalized spacial score (nSPS) is 17.5. The third-order valence-corrected chi connectivity index (χ3v) is 3.78. The minimum atomic E-state index is 0. The molecule has 1 aromatic carbocycles. The Morgan fingerprint density at radius 3 is 2.77 bits per heavy atom. The lowest BCUT2D eigenvalue weighted by molar-refractivity contribution is -0.135. The molecule has 1 heterocycles. The second kappa shape index (κ2) is 9.54. The standard InChI is InChI=1S/C16H24N2O3.ClH/c1-17-10-13-6-5-9-18(11-13)16(19)12-21-15-8-4-3-7-14(15)20-2;/h3-4,7-8,13,17H,5-6,9-12H2,1-2H3;1H. The summed E-state index contributed by atoms with van der Waals surface area (Å²) < 4.78 is 10.8. The highest BCUT2D eigenvalue weighted by Gasteiger charge is 2.23. The van der Waals surface area contributed by atoms with E-state index in [-0.39, 0.29) is 24.9 Å². The number of hydrogen-bond acceptors (Lipinski definition) is 4. The zero-order chi connectivity index (χ0) is 15.1. The van der Waals surface area contributed by atoms with Gasteiger partial charge < -0.3 is 19.7 Å². The van der Waals surface area contributed by atoms with Crippen LogP contribution >= 0.6 is 12.4 Å². The molecule has 0 spiro atoms. The topological polar surface area (TPSA) is 50.8 Å². The summed E-state index contributed by atoms with van der Waals surface area (Å²) in [6.07, 6.45) is 2.24. The summed E-state index contributed by atoms with van der Waals surface area (Å²) in [6, 6.07) is 7.38. The molecular formula is C16H25ClN2O3. The van der Waals surface area contributed by atoms with E-state index in [1.165, 1.54) is 6.42 Å². The van der Waals surface area contributed by atoms with Crippen molar-refractivity contribution >= 4 is 18.3 Å². The number of carbonyl (C=O) groups is 1. The summed E-state index contributed by atoms with van der Waals surface area (Å²) in [5.74, 6) is 1.84. The summed E-state index contributed by atoms with van der Waals surface area (Å²) in [6.45, 7) is 2.66. The number of methoxy groups -OCH3 is 1. The van der Waals surface area contributed by atoms with Crippen molar-refractivity contribution in [1.82, 2.24) is 10.2 Å². The van der Waals surface area contributed by atoms with Crippen LogP contribution in [0.2, 0.25) is 0 Å². The minimum absolute atomic E-state index is 0. The van der Waals surface area contributed by atoms with Crippen LogP contribution in [-0.4, -0.2) is 51.2 Å². The summed E-state index contributed by atoms with van der Waals surface area (Å²) in [7, 11) is 3.54. The Morgan fingerprint density at radius 2 is 2.09 bits per heavy atom. The fourth-order valence-electron chi connectivity index (χ4n) is 2.72. The zero-order valence-electron chi connectivity index (χ0n) is 13.2. The molecule has 5 nitrogen and oxygen atoms in total. The number of nitrogens with one attached hydrogen (secondary N) is 1. The van der Waals surface area contributed by atoms with Crippen molar-refractivity contribution < 1.29 is 14.3 Å². The van der Waals surface area contributed by atoms with E-state index in [9.17, 15) is 4.79 Å². The number of para-hydroxylation sites is 2. The van der Waals surface area contributed by atoms with Crippen molar-refractivity contribution in [1.29, 1.82) is 0 Å². The molecular weight excluding hydrogens is 304 g/mol. The summed E-state index contributed by atoms with van der Waals surface area (Å²) >= 11 is 0. The Labute approximate surface area is 138 Å². The molecule has 1 saturated heterocycles. The number of piperidine rings is 1. The van der Waals surface area contributed by atoms with Gasteiger partial charge in [-0.25, -0.2) is 0 Å². The molecule has 22 heavy (non-hydrogen) atoms. The van der Waals surface area contributed by atoms with Crippen LogP contribution in [0.15, 0.2) is 24.3 Å². The Bertz CT molecular complexity index is 468. The molecule has 0 saturated carbocycles. The minimum Gasteiger partial charge on any atom is -0.493 e. The van der Waals surface area contributed by atoms with E-state index < -0.39 is 0 Å². The number of hydrogen-bond donors (Lipinski definition) is 1. The van der Waals surface area contributed by atoms with Gasteiger partial charge in [0.25, 0.3) is 5.91 Å².